The summed E-state index contributed by atoms with van der Waals surface area (Å²) in [7, 11) is 0. The summed E-state index contributed by atoms with van der Waals surface area (Å²) in [6.45, 7) is 0. The number of rotatable bonds is 5. The lowest BCUT2D eigenvalue weighted by Gasteiger charge is -2.06. The van der Waals surface area contributed by atoms with Crippen LogP contribution in [0.25, 0.3) is 10.9 Å². The van der Waals surface area contributed by atoms with Crippen molar-refractivity contribution in [3.8, 4) is 5.75 Å². The highest BCUT2D eigenvalue weighted by atomic mass is 16.5. The van der Waals surface area contributed by atoms with E-state index < -0.39 is 5.97 Å². The van der Waals surface area contributed by atoms with Crippen molar-refractivity contribution in [2.24, 2.45) is 0 Å². The van der Waals surface area contributed by atoms with Gasteiger partial charge in [0.05, 0.1) is 11.8 Å². The Morgan fingerprint density at radius 3 is 2.80 bits per heavy atom. The molecule has 0 saturated carbocycles. The van der Waals surface area contributed by atoms with Gasteiger partial charge < -0.3 is 15.3 Å². The second kappa shape index (κ2) is 6.29. The highest BCUT2D eigenvalue weighted by molar-refractivity contribution is 5.93. The van der Waals surface area contributed by atoms with Gasteiger partial charge in [-0.05, 0) is 24.3 Å². The number of hydrogen-bond donors (Lipinski definition) is 2. The van der Waals surface area contributed by atoms with Crippen molar-refractivity contribution in [1.29, 1.82) is 5.41 Å². The second-order valence-electron chi connectivity index (χ2n) is 3.83. The Balaban J connectivity index is 2.37. The molecule has 0 saturated heterocycles. The van der Waals surface area contributed by atoms with Crippen molar-refractivity contribution >= 4 is 23.1 Å². The Morgan fingerprint density at radius 2 is 2.05 bits per heavy atom. The lowest BCUT2D eigenvalue weighted by Crippen LogP contribution is -2.03. The average Bonchev–Trinajstić information content (AvgIpc) is 2.46. The molecule has 1 aromatic carbocycles. The number of carboxylic acids is 1. The number of carbonyl (C=O) groups is 1. The van der Waals surface area contributed by atoms with Gasteiger partial charge in [-0.1, -0.05) is 24.3 Å². The standard InChI is InChI=1S/C15H12N2O3/c16-8-4-1-5-9-20-13-10-11-6-2-3-7-12(11)17-14(13)15(18)19/h1-10,16H,(H,18,19)/b4-1-,9-5-,16-8?. The molecule has 100 valence electrons. The fraction of sp³-hybridized carbons (Fsp3) is 0. The van der Waals surface area contributed by atoms with Crippen LogP contribution in [0.4, 0.5) is 0 Å². The zero-order valence-electron chi connectivity index (χ0n) is 10.5. The number of hydrogen-bond acceptors (Lipinski definition) is 4. The van der Waals surface area contributed by atoms with Crippen LogP contribution in [0.1, 0.15) is 10.5 Å². The van der Waals surface area contributed by atoms with Gasteiger partial charge in [-0.3, -0.25) is 0 Å². The molecule has 0 unspecified atom stereocenters. The van der Waals surface area contributed by atoms with Crippen molar-refractivity contribution in [2.75, 3.05) is 0 Å². The second-order valence-corrected chi connectivity index (χ2v) is 3.83. The summed E-state index contributed by atoms with van der Waals surface area (Å²) in [4.78, 5) is 15.3. The summed E-state index contributed by atoms with van der Waals surface area (Å²) in [5.74, 6) is -0.968. The number of ether oxygens (including phenoxy) is 1. The Morgan fingerprint density at radius 1 is 1.25 bits per heavy atom. The van der Waals surface area contributed by atoms with Crippen molar-refractivity contribution in [3.05, 3.63) is 60.5 Å². The predicted octanol–water partition coefficient (Wildman–Crippen LogP) is 3.03. The van der Waals surface area contributed by atoms with E-state index >= 15 is 0 Å². The normalized spacial score (nSPS) is 11.2. The van der Waals surface area contributed by atoms with Gasteiger partial charge in [-0.2, -0.15) is 0 Å². The first-order valence-corrected chi connectivity index (χ1v) is 5.84. The van der Waals surface area contributed by atoms with Crippen LogP contribution < -0.4 is 4.74 Å². The number of carboxylic acid groups (broad SMARTS) is 1. The summed E-state index contributed by atoms with van der Waals surface area (Å²) in [6.07, 6.45) is 7.15. The van der Waals surface area contributed by atoms with Gasteiger partial charge in [0.15, 0.2) is 11.4 Å². The van der Waals surface area contributed by atoms with Crippen molar-refractivity contribution in [1.82, 2.24) is 4.98 Å². The van der Waals surface area contributed by atoms with Gasteiger partial charge in [0.25, 0.3) is 0 Å². The number of nitrogens with zero attached hydrogens (tertiary/aromatic N) is 1. The van der Waals surface area contributed by atoms with Gasteiger partial charge in [0, 0.05) is 11.6 Å². The van der Waals surface area contributed by atoms with Gasteiger partial charge in [0.2, 0.25) is 0 Å². The van der Waals surface area contributed by atoms with Gasteiger partial charge in [0.1, 0.15) is 0 Å². The molecular weight excluding hydrogens is 256 g/mol. The molecule has 0 atom stereocenters. The third-order valence-electron chi connectivity index (χ3n) is 2.48. The molecule has 0 aliphatic carbocycles. The largest absolute Gasteiger partial charge is 0.476 e. The number of benzene rings is 1. The maximum Gasteiger partial charge on any atom is 0.358 e. The molecule has 0 amide bonds. The summed E-state index contributed by atoms with van der Waals surface area (Å²) in [5.41, 5.74) is 0.467. The molecule has 0 bridgehead atoms. The molecule has 2 aromatic rings. The maximum atomic E-state index is 11.2. The van der Waals surface area contributed by atoms with Crippen molar-refractivity contribution in [3.63, 3.8) is 0 Å². The minimum Gasteiger partial charge on any atom is -0.476 e. The Bertz CT molecular complexity index is 705. The molecule has 2 N–H and O–H groups in total. The Hall–Kier alpha value is -2.95. The minimum absolute atomic E-state index is 0.135. The molecule has 5 heteroatoms. The fourth-order valence-corrected chi connectivity index (χ4v) is 1.62. The predicted molar refractivity (Wildman–Crippen MR) is 76.4 cm³/mol. The molecule has 20 heavy (non-hydrogen) atoms. The number of para-hydroxylation sites is 1. The topological polar surface area (TPSA) is 83.3 Å². The fourth-order valence-electron chi connectivity index (χ4n) is 1.62. The maximum absolute atomic E-state index is 11.2. The SMILES string of the molecule is N=C/C=C\C=C/Oc1cc2ccccc2nc1C(=O)O. The summed E-state index contributed by atoms with van der Waals surface area (Å²) in [6, 6.07) is 8.85. The van der Waals surface area contributed by atoms with Crippen LogP contribution >= 0.6 is 0 Å². The van der Waals surface area contributed by atoms with Crippen molar-refractivity contribution in [2.45, 2.75) is 0 Å². The van der Waals surface area contributed by atoms with Gasteiger partial charge in [-0.15, -0.1) is 0 Å². The summed E-state index contributed by atoms with van der Waals surface area (Å²) >= 11 is 0. The van der Waals surface area contributed by atoms with Crippen LogP contribution in [0.5, 0.6) is 5.75 Å². The van der Waals surface area contributed by atoms with E-state index in [0.717, 1.165) is 11.6 Å². The smallest absolute Gasteiger partial charge is 0.358 e. The van der Waals surface area contributed by atoms with E-state index in [1.54, 1.807) is 30.4 Å². The zero-order chi connectivity index (χ0) is 14.4. The Kier molecular flexibility index (Phi) is 4.24. The van der Waals surface area contributed by atoms with Gasteiger partial charge in [-0.25, -0.2) is 9.78 Å². The number of aromatic carboxylic acids is 1. The molecule has 0 aliphatic rings. The molecule has 1 aromatic heterocycles. The molecule has 0 spiro atoms. The highest BCUT2D eigenvalue weighted by Crippen LogP contribution is 2.23. The third-order valence-corrected chi connectivity index (χ3v) is 2.48. The molecular formula is C15H12N2O3. The first-order chi connectivity index (χ1) is 9.72. The molecule has 0 aliphatic heterocycles. The first-order valence-electron chi connectivity index (χ1n) is 5.84. The van der Waals surface area contributed by atoms with E-state index in [1.165, 1.54) is 12.3 Å². The molecule has 2 rings (SSSR count). The number of pyridine rings is 1. The van der Waals surface area contributed by atoms with E-state index in [4.69, 9.17) is 15.3 Å². The van der Waals surface area contributed by atoms with Crippen LogP contribution in [-0.4, -0.2) is 22.3 Å². The quantitative estimate of drug-likeness (QED) is 0.496. The zero-order valence-corrected chi connectivity index (χ0v) is 10.5. The molecule has 1 heterocycles. The lowest BCUT2D eigenvalue weighted by atomic mass is 10.2. The van der Waals surface area contributed by atoms with Crippen LogP contribution in [0.2, 0.25) is 0 Å². The van der Waals surface area contributed by atoms with Crippen LogP contribution in [0, 0.1) is 5.41 Å². The average molecular weight is 268 g/mol. The van der Waals surface area contributed by atoms with Crippen LogP contribution in [-0.2, 0) is 0 Å². The summed E-state index contributed by atoms with van der Waals surface area (Å²) in [5, 5.41) is 16.8. The highest BCUT2D eigenvalue weighted by Gasteiger charge is 2.14. The lowest BCUT2D eigenvalue weighted by molar-refractivity contribution is 0.0688. The number of allylic oxidation sites excluding steroid dienone is 3. The number of nitrogens with one attached hydrogen (secondary N) is 1. The van der Waals surface area contributed by atoms with Crippen LogP contribution in [0.3, 0.4) is 0 Å². The number of aromatic nitrogens is 1. The van der Waals surface area contributed by atoms with Crippen molar-refractivity contribution < 1.29 is 14.6 Å². The Labute approximate surface area is 115 Å². The minimum atomic E-state index is -1.14. The first kappa shape index (κ1) is 13.5. The number of fused-ring (bicyclic) bond motifs is 1. The third kappa shape index (κ3) is 3.08. The van der Waals surface area contributed by atoms with Gasteiger partial charge >= 0.3 is 5.97 Å². The van der Waals surface area contributed by atoms with Crippen LogP contribution in [0.15, 0.2) is 54.8 Å². The van der Waals surface area contributed by atoms with E-state index in [9.17, 15) is 4.79 Å². The van der Waals surface area contributed by atoms with E-state index in [2.05, 4.69) is 4.98 Å². The van der Waals surface area contributed by atoms with E-state index in [1.807, 2.05) is 12.1 Å². The van der Waals surface area contributed by atoms with E-state index in [0.29, 0.717) is 5.52 Å². The molecule has 0 fully saturated rings. The monoisotopic (exact) mass is 268 g/mol. The molecule has 0 radical (unpaired) electrons. The van der Waals surface area contributed by atoms with E-state index in [-0.39, 0.29) is 11.4 Å². The molecule has 5 nitrogen and oxygen atoms in total. The summed E-state index contributed by atoms with van der Waals surface area (Å²) < 4.78 is 5.30.